The van der Waals surface area contributed by atoms with Crippen LogP contribution >= 0.6 is 0 Å². The highest BCUT2D eigenvalue weighted by atomic mass is 32.2. The molecule has 0 aliphatic rings. The molecule has 2 rings (SSSR count). The molecule has 2 aromatic carbocycles. The van der Waals surface area contributed by atoms with Crippen LogP contribution < -0.4 is 9.62 Å². The van der Waals surface area contributed by atoms with Crippen LogP contribution in [0.1, 0.15) is 10.4 Å². The molecule has 0 aliphatic carbocycles. The number of amides is 1. The van der Waals surface area contributed by atoms with E-state index in [1.54, 1.807) is 12.1 Å². The summed E-state index contributed by atoms with van der Waals surface area (Å²) in [7, 11) is -2.26. The molecule has 0 unspecified atom stereocenters. The Morgan fingerprint density at radius 3 is 2.39 bits per heavy atom. The minimum Gasteiger partial charge on any atom is -0.319 e. The second kappa shape index (κ2) is 6.33. The van der Waals surface area contributed by atoms with Gasteiger partial charge in [-0.2, -0.15) is 0 Å². The lowest BCUT2D eigenvalue weighted by Gasteiger charge is -2.19. The van der Waals surface area contributed by atoms with Gasteiger partial charge in [-0.1, -0.05) is 12.1 Å². The summed E-state index contributed by atoms with van der Waals surface area (Å²) in [6, 6.07) is 8.73. The summed E-state index contributed by atoms with van der Waals surface area (Å²) in [5, 5.41) is 2.30. The minimum absolute atomic E-state index is 0.0455. The zero-order chi connectivity index (χ0) is 17.2. The number of carbonyl (C=O) groups excluding carboxylic acids is 1. The number of hydrogen-bond donors (Lipinski definition) is 1. The van der Waals surface area contributed by atoms with Crippen molar-refractivity contribution in [3.05, 3.63) is 59.7 Å². The first-order valence-electron chi connectivity index (χ1n) is 6.49. The molecule has 5 nitrogen and oxygen atoms in total. The average molecular weight is 340 g/mol. The normalized spacial score (nSPS) is 11.1. The van der Waals surface area contributed by atoms with Crippen molar-refractivity contribution in [1.29, 1.82) is 0 Å². The highest BCUT2D eigenvalue weighted by Gasteiger charge is 2.20. The number of nitrogens with zero attached hydrogens (tertiary/aromatic N) is 1. The predicted molar refractivity (Wildman–Crippen MR) is 84.0 cm³/mol. The van der Waals surface area contributed by atoms with E-state index in [0.29, 0.717) is 6.07 Å². The standard InChI is InChI=1S/C15H14F2N2O3S/c1-19(23(2,21)22)14-6-4-3-5-11(14)15(20)18-13-8-7-10(16)9-12(13)17/h3-9H,1-2H3,(H,18,20). The van der Waals surface area contributed by atoms with Gasteiger partial charge in [-0.3, -0.25) is 9.10 Å². The lowest BCUT2D eigenvalue weighted by Crippen LogP contribution is -2.27. The summed E-state index contributed by atoms with van der Waals surface area (Å²) < 4.78 is 50.7. The van der Waals surface area contributed by atoms with Crippen LogP contribution in [0.25, 0.3) is 0 Å². The second-order valence-electron chi connectivity index (χ2n) is 4.83. The predicted octanol–water partition coefficient (Wildman–Crippen LogP) is 2.61. The Hall–Kier alpha value is -2.48. The van der Waals surface area contributed by atoms with Gasteiger partial charge in [0.2, 0.25) is 10.0 Å². The van der Waals surface area contributed by atoms with Gasteiger partial charge in [-0.15, -0.1) is 0 Å². The van der Waals surface area contributed by atoms with Gasteiger partial charge in [0.1, 0.15) is 11.6 Å². The van der Waals surface area contributed by atoms with Crippen molar-refractivity contribution in [2.75, 3.05) is 22.9 Å². The molecule has 1 amide bonds. The van der Waals surface area contributed by atoms with E-state index in [9.17, 15) is 22.0 Å². The molecule has 0 aromatic heterocycles. The van der Waals surface area contributed by atoms with Crippen LogP contribution in [-0.2, 0) is 10.0 Å². The van der Waals surface area contributed by atoms with Gasteiger partial charge in [0.15, 0.2) is 0 Å². The van der Waals surface area contributed by atoms with Gasteiger partial charge < -0.3 is 5.32 Å². The third-order valence-electron chi connectivity index (χ3n) is 3.16. The molecular weight excluding hydrogens is 326 g/mol. The number of benzene rings is 2. The minimum atomic E-state index is -3.57. The maximum atomic E-state index is 13.6. The van der Waals surface area contributed by atoms with E-state index in [-0.39, 0.29) is 16.9 Å². The molecule has 0 atom stereocenters. The van der Waals surface area contributed by atoms with Crippen LogP contribution in [0.2, 0.25) is 0 Å². The van der Waals surface area contributed by atoms with Crippen molar-refractivity contribution in [2.24, 2.45) is 0 Å². The van der Waals surface area contributed by atoms with E-state index < -0.39 is 27.6 Å². The SMILES string of the molecule is CN(c1ccccc1C(=O)Nc1ccc(F)cc1F)S(C)(=O)=O. The summed E-state index contributed by atoms with van der Waals surface area (Å²) >= 11 is 0. The third-order valence-corrected chi connectivity index (χ3v) is 4.36. The van der Waals surface area contributed by atoms with Crippen LogP contribution in [0.3, 0.4) is 0 Å². The summed E-state index contributed by atoms with van der Waals surface area (Å²) in [5.74, 6) is -2.40. The molecule has 122 valence electrons. The Balaban J connectivity index is 2.37. The highest BCUT2D eigenvalue weighted by molar-refractivity contribution is 7.92. The maximum Gasteiger partial charge on any atom is 0.257 e. The number of halogens is 2. The van der Waals surface area contributed by atoms with Crippen LogP contribution in [0, 0.1) is 11.6 Å². The maximum absolute atomic E-state index is 13.6. The Morgan fingerprint density at radius 2 is 1.78 bits per heavy atom. The van der Waals surface area contributed by atoms with Gasteiger partial charge in [0.05, 0.1) is 23.2 Å². The number of sulfonamides is 1. The van der Waals surface area contributed by atoms with Gasteiger partial charge >= 0.3 is 0 Å². The molecule has 0 heterocycles. The average Bonchev–Trinajstić information content (AvgIpc) is 2.48. The fraction of sp³-hybridized carbons (Fsp3) is 0.133. The third kappa shape index (κ3) is 3.84. The quantitative estimate of drug-likeness (QED) is 0.930. The van der Waals surface area contributed by atoms with Crippen molar-refractivity contribution in [2.45, 2.75) is 0 Å². The highest BCUT2D eigenvalue weighted by Crippen LogP contribution is 2.23. The lowest BCUT2D eigenvalue weighted by molar-refractivity contribution is 0.102. The molecule has 0 aliphatic heterocycles. The fourth-order valence-corrected chi connectivity index (χ4v) is 2.42. The number of rotatable bonds is 4. The van der Waals surface area contributed by atoms with E-state index in [1.165, 1.54) is 19.2 Å². The van der Waals surface area contributed by atoms with Crippen LogP contribution in [0.15, 0.2) is 42.5 Å². The number of nitrogens with one attached hydrogen (secondary N) is 1. The monoisotopic (exact) mass is 340 g/mol. The first kappa shape index (κ1) is 16.9. The molecule has 23 heavy (non-hydrogen) atoms. The summed E-state index contributed by atoms with van der Waals surface area (Å²) in [5.41, 5.74) is -0.00705. The molecule has 8 heteroatoms. The van der Waals surface area contributed by atoms with Gasteiger partial charge in [-0.05, 0) is 24.3 Å². The van der Waals surface area contributed by atoms with Crippen molar-refractivity contribution >= 4 is 27.3 Å². The van der Waals surface area contributed by atoms with Crippen molar-refractivity contribution in [3.63, 3.8) is 0 Å². The molecule has 0 radical (unpaired) electrons. The molecule has 0 saturated heterocycles. The van der Waals surface area contributed by atoms with Gasteiger partial charge in [0, 0.05) is 13.1 Å². The second-order valence-corrected chi connectivity index (χ2v) is 6.84. The molecular formula is C15H14F2N2O3S. The number of para-hydroxylation sites is 1. The number of anilines is 2. The molecule has 0 saturated carbocycles. The summed E-state index contributed by atoms with van der Waals surface area (Å²) in [6.45, 7) is 0. The van der Waals surface area contributed by atoms with Crippen molar-refractivity contribution < 1.29 is 22.0 Å². The zero-order valence-corrected chi connectivity index (χ0v) is 13.2. The molecule has 0 fully saturated rings. The Kier molecular flexibility index (Phi) is 4.65. The lowest BCUT2D eigenvalue weighted by atomic mass is 10.1. The zero-order valence-electron chi connectivity index (χ0n) is 12.4. The first-order valence-corrected chi connectivity index (χ1v) is 8.34. The number of carbonyl (C=O) groups is 1. The topological polar surface area (TPSA) is 66.5 Å². The van der Waals surface area contributed by atoms with Gasteiger partial charge in [0.25, 0.3) is 5.91 Å². The smallest absolute Gasteiger partial charge is 0.257 e. The Labute approximate surface area is 132 Å². The van der Waals surface area contributed by atoms with Gasteiger partial charge in [-0.25, -0.2) is 17.2 Å². The fourth-order valence-electron chi connectivity index (χ4n) is 1.90. The van der Waals surface area contributed by atoms with Crippen LogP contribution in [0.5, 0.6) is 0 Å². The van der Waals surface area contributed by atoms with E-state index in [0.717, 1.165) is 22.7 Å². The van der Waals surface area contributed by atoms with Crippen molar-refractivity contribution in [1.82, 2.24) is 0 Å². The molecule has 2 aromatic rings. The van der Waals surface area contributed by atoms with Crippen molar-refractivity contribution in [3.8, 4) is 0 Å². The Morgan fingerprint density at radius 1 is 1.13 bits per heavy atom. The first-order chi connectivity index (χ1) is 10.7. The van der Waals surface area contributed by atoms with E-state index >= 15 is 0 Å². The van der Waals surface area contributed by atoms with Crippen LogP contribution in [-0.4, -0.2) is 27.6 Å². The largest absolute Gasteiger partial charge is 0.319 e. The summed E-state index contributed by atoms with van der Waals surface area (Å²) in [6.07, 6.45) is 1.00. The number of hydrogen-bond acceptors (Lipinski definition) is 3. The molecule has 0 spiro atoms. The molecule has 1 N–H and O–H groups in total. The van der Waals surface area contributed by atoms with Crippen LogP contribution in [0.4, 0.5) is 20.2 Å². The Bertz CT molecular complexity index is 854. The van der Waals surface area contributed by atoms with E-state index in [4.69, 9.17) is 0 Å². The van der Waals surface area contributed by atoms with E-state index in [1.807, 2.05) is 0 Å². The molecule has 0 bridgehead atoms. The summed E-state index contributed by atoms with van der Waals surface area (Å²) in [4.78, 5) is 12.3. The van der Waals surface area contributed by atoms with E-state index in [2.05, 4.69) is 5.32 Å².